The van der Waals surface area contributed by atoms with Crippen molar-refractivity contribution in [2.75, 3.05) is 11.1 Å². The summed E-state index contributed by atoms with van der Waals surface area (Å²) in [6, 6.07) is 8.59. The quantitative estimate of drug-likeness (QED) is 0.866. The number of nitrogens with zero attached hydrogens (tertiary/aromatic N) is 3. The normalized spacial score (nSPS) is 9.83. The smallest absolute Gasteiger partial charge is 0.136 e. The predicted molar refractivity (Wildman–Crippen MR) is 70.6 cm³/mol. The molecule has 1 heterocycles. The highest BCUT2D eigenvalue weighted by Crippen LogP contribution is 2.26. The van der Waals surface area contributed by atoms with Gasteiger partial charge in [-0.3, -0.25) is 0 Å². The van der Waals surface area contributed by atoms with Gasteiger partial charge in [-0.15, -0.1) is 0 Å². The van der Waals surface area contributed by atoms with Crippen LogP contribution < -0.4 is 11.1 Å². The summed E-state index contributed by atoms with van der Waals surface area (Å²) < 4.78 is 0. The van der Waals surface area contributed by atoms with Crippen LogP contribution in [-0.2, 0) is 0 Å². The van der Waals surface area contributed by atoms with Crippen molar-refractivity contribution in [1.29, 1.82) is 5.26 Å². The van der Waals surface area contributed by atoms with Crippen LogP contribution in [0.1, 0.15) is 11.4 Å². The minimum absolute atomic E-state index is 0.373. The highest BCUT2D eigenvalue weighted by atomic mass is 35.5. The molecule has 0 atom stereocenters. The van der Waals surface area contributed by atoms with E-state index >= 15 is 0 Å². The number of halogens is 1. The molecule has 18 heavy (non-hydrogen) atoms. The number of hydrogen-bond donors (Lipinski definition) is 2. The summed E-state index contributed by atoms with van der Waals surface area (Å²) >= 11 is 6.04. The van der Waals surface area contributed by atoms with Gasteiger partial charge in [0.05, 0.1) is 22.3 Å². The second-order valence-corrected chi connectivity index (χ2v) is 4.06. The van der Waals surface area contributed by atoms with Crippen LogP contribution in [0, 0.1) is 18.3 Å². The molecule has 0 radical (unpaired) electrons. The minimum atomic E-state index is 0.373. The van der Waals surface area contributed by atoms with Crippen molar-refractivity contribution >= 4 is 28.9 Å². The summed E-state index contributed by atoms with van der Waals surface area (Å²) in [6.07, 6.45) is 0. The number of nitrogens with two attached hydrogens (primary N) is 1. The molecule has 1 aromatic heterocycles. The first-order valence-electron chi connectivity index (χ1n) is 5.16. The van der Waals surface area contributed by atoms with Crippen molar-refractivity contribution < 1.29 is 0 Å². The number of aryl methyl sites for hydroxylation is 1. The Hall–Kier alpha value is -2.32. The van der Waals surface area contributed by atoms with Crippen molar-refractivity contribution in [3.05, 3.63) is 40.7 Å². The summed E-state index contributed by atoms with van der Waals surface area (Å²) in [6.45, 7) is 1.74. The first kappa shape index (κ1) is 12.1. The van der Waals surface area contributed by atoms with Gasteiger partial charge >= 0.3 is 0 Å². The average Bonchev–Trinajstić information content (AvgIpc) is 2.30. The molecule has 0 saturated carbocycles. The van der Waals surface area contributed by atoms with E-state index in [1.165, 1.54) is 0 Å². The van der Waals surface area contributed by atoms with Gasteiger partial charge in [-0.1, -0.05) is 11.6 Å². The zero-order valence-corrected chi connectivity index (χ0v) is 10.4. The van der Waals surface area contributed by atoms with Gasteiger partial charge in [-0.2, -0.15) is 5.26 Å². The van der Waals surface area contributed by atoms with Crippen LogP contribution in [0.5, 0.6) is 0 Å². The van der Waals surface area contributed by atoms with Gasteiger partial charge in [-0.25, -0.2) is 9.97 Å². The van der Waals surface area contributed by atoms with Gasteiger partial charge in [0.1, 0.15) is 17.5 Å². The highest BCUT2D eigenvalue weighted by molar-refractivity contribution is 6.33. The largest absolute Gasteiger partial charge is 0.384 e. The van der Waals surface area contributed by atoms with Gasteiger partial charge in [0.25, 0.3) is 0 Å². The zero-order chi connectivity index (χ0) is 13.1. The maximum atomic E-state index is 8.84. The third-order valence-corrected chi connectivity index (χ3v) is 2.55. The number of benzene rings is 1. The third-order valence-electron chi connectivity index (χ3n) is 2.22. The summed E-state index contributed by atoms with van der Waals surface area (Å²) in [7, 11) is 0. The van der Waals surface area contributed by atoms with Crippen molar-refractivity contribution in [2.45, 2.75) is 6.92 Å². The number of nitrogens with one attached hydrogen (secondary N) is 1. The molecule has 0 aliphatic rings. The summed E-state index contributed by atoms with van der Waals surface area (Å²) in [4.78, 5) is 8.16. The molecule has 5 nitrogen and oxygen atoms in total. The van der Waals surface area contributed by atoms with Crippen LogP contribution in [0.4, 0.5) is 17.3 Å². The lowest BCUT2D eigenvalue weighted by Crippen LogP contribution is -2.01. The van der Waals surface area contributed by atoms with Crippen molar-refractivity contribution in [2.24, 2.45) is 0 Å². The minimum Gasteiger partial charge on any atom is -0.384 e. The molecule has 0 aliphatic heterocycles. The fourth-order valence-corrected chi connectivity index (χ4v) is 1.65. The Balaban J connectivity index is 2.36. The molecular formula is C12H10ClN5. The molecule has 0 spiro atoms. The van der Waals surface area contributed by atoms with Crippen molar-refractivity contribution in [1.82, 2.24) is 9.97 Å². The monoisotopic (exact) mass is 259 g/mol. The zero-order valence-electron chi connectivity index (χ0n) is 9.61. The predicted octanol–water partition coefficient (Wildman–Crippen LogP) is 2.64. The Kier molecular flexibility index (Phi) is 3.31. The number of aromatic nitrogens is 2. The van der Waals surface area contributed by atoms with E-state index in [1.807, 2.05) is 6.07 Å². The molecule has 90 valence electrons. The second kappa shape index (κ2) is 4.90. The lowest BCUT2D eigenvalue weighted by molar-refractivity contribution is 1.06. The maximum Gasteiger partial charge on any atom is 0.136 e. The molecule has 0 bridgehead atoms. The Bertz CT molecular complexity index is 613. The van der Waals surface area contributed by atoms with Crippen LogP contribution in [0.15, 0.2) is 24.3 Å². The van der Waals surface area contributed by atoms with Crippen LogP contribution in [0.25, 0.3) is 0 Å². The summed E-state index contributed by atoms with van der Waals surface area (Å²) in [5.74, 6) is 1.47. The van der Waals surface area contributed by atoms with E-state index in [1.54, 1.807) is 31.2 Å². The number of rotatable bonds is 2. The van der Waals surface area contributed by atoms with E-state index < -0.39 is 0 Å². The van der Waals surface area contributed by atoms with Gasteiger partial charge < -0.3 is 11.1 Å². The molecule has 0 fully saturated rings. The number of nitriles is 1. The van der Waals surface area contributed by atoms with Crippen LogP contribution in [0.3, 0.4) is 0 Å². The van der Waals surface area contributed by atoms with Gasteiger partial charge in [0.2, 0.25) is 0 Å². The fourth-order valence-electron chi connectivity index (χ4n) is 1.48. The van der Waals surface area contributed by atoms with Crippen molar-refractivity contribution in [3.8, 4) is 6.07 Å². The molecule has 0 amide bonds. The Labute approximate surface area is 109 Å². The molecule has 6 heteroatoms. The van der Waals surface area contributed by atoms with E-state index in [0.717, 1.165) is 0 Å². The average molecular weight is 260 g/mol. The lowest BCUT2D eigenvalue weighted by atomic mass is 10.2. The molecule has 2 aromatic rings. The maximum absolute atomic E-state index is 8.84. The first-order valence-corrected chi connectivity index (χ1v) is 5.54. The van der Waals surface area contributed by atoms with E-state index in [0.29, 0.717) is 33.7 Å². The summed E-state index contributed by atoms with van der Waals surface area (Å²) in [5, 5.41) is 12.4. The van der Waals surface area contributed by atoms with E-state index in [9.17, 15) is 0 Å². The van der Waals surface area contributed by atoms with Crippen LogP contribution >= 0.6 is 11.6 Å². The van der Waals surface area contributed by atoms with Gasteiger partial charge in [-0.05, 0) is 25.1 Å². The Morgan fingerprint density at radius 3 is 2.78 bits per heavy atom. The SMILES string of the molecule is Cc1nc(N)cc(Nc2cc(C#N)ccc2Cl)n1. The van der Waals surface area contributed by atoms with Crippen LogP contribution in [0.2, 0.25) is 5.02 Å². The molecule has 2 rings (SSSR count). The molecule has 3 N–H and O–H groups in total. The molecule has 0 unspecified atom stereocenters. The van der Waals surface area contributed by atoms with E-state index in [2.05, 4.69) is 15.3 Å². The van der Waals surface area contributed by atoms with Gasteiger partial charge in [0.15, 0.2) is 0 Å². The lowest BCUT2D eigenvalue weighted by Gasteiger charge is -2.08. The third kappa shape index (κ3) is 2.67. The number of hydrogen-bond acceptors (Lipinski definition) is 5. The standard InChI is InChI=1S/C12H10ClN5/c1-7-16-11(15)5-12(17-7)18-10-4-8(6-14)2-3-9(10)13/h2-5H,1H3,(H3,15,16,17,18). The molecular weight excluding hydrogens is 250 g/mol. The van der Waals surface area contributed by atoms with Gasteiger partial charge in [0, 0.05) is 6.07 Å². The summed E-state index contributed by atoms with van der Waals surface area (Å²) in [5.41, 5.74) is 6.75. The Morgan fingerprint density at radius 2 is 2.11 bits per heavy atom. The second-order valence-electron chi connectivity index (χ2n) is 3.66. The van der Waals surface area contributed by atoms with Crippen LogP contribution in [-0.4, -0.2) is 9.97 Å². The number of anilines is 3. The van der Waals surface area contributed by atoms with E-state index in [-0.39, 0.29) is 0 Å². The molecule has 0 saturated heterocycles. The van der Waals surface area contributed by atoms with E-state index in [4.69, 9.17) is 22.6 Å². The highest BCUT2D eigenvalue weighted by Gasteiger charge is 2.05. The molecule has 0 aliphatic carbocycles. The van der Waals surface area contributed by atoms with Crippen molar-refractivity contribution in [3.63, 3.8) is 0 Å². The Morgan fingerprint density at radius 1 is 1.33 bits per heavy atom. The first-order chi connectivity index (χ1) is 8.58. The number of nitrogen functional groups attached to an aromatic ring is 1. The fraction of sp³-hybridized carbons (Fsp3) is 0.0833. The molecule has 1 aromatic carbocycles. The topological polar surface area (TPSA) is 87.6 Å².